The van der Waals surface area contributed by atoms with Gasteiger partial charge in [-0.05, 0) is 12.8 Å². The zero-order valence-corrected chi connectivity index (χ0v) is 12.4. The summed E-state index contributed by atoms with van der Waals surface area (Å²) >= 11 is 0. The molecule has 1 heterocycles. The van der Waals surface area contributed by atoms with Crippen LogP contribution in [-0.2, 0) is 14.4 Å². The molecule has 1 unspecified atom stereocenters. The van der Waals surface area contributed by atoms with Gasteiger partial charge >= 0.3 is 11.8 Å². The second-order valence-electron chi connectivity index (χ2n) is 5.38. The van der Waals surface area contributed by atoms with E-state index in [4.69, 9.17) is 0 Å². The molecule has 3 N–H and O–H groups in total. The SMILES string of the molecule is CC(C)CNC(=O)C(C)NC(=O)C(=O)N1CCNCC1. The molecule has 1 fully saturated rings. The molecule has 1 atom stereocenters. The fourth-order valence-corrected chi connectivity index (χ4v) is 1.79. The van der Waals surface area contributed by atoms with Crippen LogP contribution in [0.1, 0.15) is 20.8 Å². The van der Waals surface area contributed by atoms with Gasteiger partial charge in [0.2, 0.25) is 5.91 Å². The summed E-state index contributed by atoms with van der Waals surface area (Å²) in [6.07, 6.45) is 0. The van der Waals surface area contributed by atoms with Crippen LogP contribution in [0.2, 0.25) is 0 Å². The highest BCUT2D eigenvalue weighted by atomic mass is 16.2. The normalized spacial score (nSPS) is 16.7. The summed E-state index contributed by atoms with van der Waals surface area (Å²) in [4.78, 5) is 36.9. The molecule has 7 nitrogen and oxygen atoms in total. The monoisotopic (exact) mass is 284 g/mol. The summed E-state index contributed by atoms with van der Waals surface area (Å²) in [5, 5.41) is 8.26. The minimum absolute atomic E-state index is 0.278. The molecule has 0 spiro atoms. The molecule has 1 aliphatic heterocycles. The van der Waals surface area contributed by atoms with Gasteiger partial charge in [-0.3, -0.25) is 14.4 Å². The highest BCUT2D eigenvalue weighted by Crippen LogP contribution is 1.95. The Morgan fingerprint density at radius 1 is 1.15 bits per heavy atom. The Balaban J connectivity index is 2.39. The van der Waals surface area contributed by atoms with Crippen LogP contribution in [0.3, 0.4) is 0 Å². The van der Waals surface area contributed by atoms with Gasteiger partial charge in [-0.2, -0.15) is 0 Å². The van der Waals surface area contributed by atoms with Crippen molar-refractivity contribution in [3.8, 4) is 0 Å². The number of nitrogens with one attached hydrogen (secondary N) is 3. The third kappa shape index (κ3) is 5.16. The van der Waals surface area contributed by atoms with E-state index in [0.29, 0.717) is 38.6 Å². The first-order valence-corrected chi connectivity index (χ1v) is 7.00. The average Bonchev–Trinajstić information content (AvgIpc) is 2.44. The molecule has 1 rings (SSSR count). The molecule has 1 aliphatic rings. The van der Waals surface area contributed by atoms with Crippen LogP contribution >= 0.6 is 0 Å². The van der Waals surface area contributed by atoms with Crippen molar-refractivity contribution in [2.24, 2.45) is 5.92 Å². The van der Waals surface area contributed by atoms with Gasteiger partial charge in [-0.25, -0.2) is 0 Å². The van der Waals surface area contributed by atoms with Crippen molar-refractivity contribution in [2.45, 2.75) is 26.8 Å². The van der Waals surface area contributed by atoms with Gasteiger partial charge in [0.25, 0.3) is 0 Å². The molecule has 0 saturated carbocycles. The molecule has 7 heteroatoms. The lowest BCUT2D eigenvalue weighted by molar-refractivity contribution is -0.147. The van der Waals surface area contributed by atoms with E-state index in [9.17, 15) is 14.4 Å². The van der Waals surface area contributed by atoms with Crippen molar-refractivity contribution in [1.29, 1.82) is 0 Å². The number of piperazine rings is 1. The summed E-state index contributed by atoms with van der Waals surface area (Å²) in [6, 6.07) is -0.715. The summed E-state index contributed by atoms with van der Waals surface area (Å²) in [5.74, 6) is -1.24. The Kier molecular flexibility index (Phi) is 6.44. The van der Waals surface area contributed by atoms with Crippen molar-refractivity contribution in [3.05, 3.63) is 0 Å². The summed E-state index contributed by atoms with van der Waals surface area (Å²) in [6.45, 7) is 8.48. The van der Waals surface area contributed by atoms with Crippen LogP contribution < -0.4 is 16.0 Å². The zero-order chi connectivity index (χ0) is 15.1. The molecule has 0 aromatic heterocycles. The number of hydrogen-bond acceptors (Lipinski definition) is 4. The van der Waals surface area contributed by atoms with Gasteiger partial charge in [-0.1, -0.05) is 13.8 Å². The smallest absolute Gasteiger partial charge is 0.311 e. The van der Waals surface area contributed by atoms with E-state index >= 15 is 0 Å². The average molecular weight is 284 g/mol. The molecule has 114 valence electrons. The molecule has 0 radical (unpaired) electrons. The van der Waals surface area contributed by atoms with E-state index < -0.39 is 17.9 Å². The van der Waals surface area contributed by atoms with Gasteiger partial charge in [0.1, 0.15) is 6.04 Å². The van der Waals surface area contributed by atoms with Crippen molar-refractivity contribution < 1.29 is 14.4 Å². The lowest BCUT2D eigenvalue weighted by Gasteiger charge is -2.27. The highest BCUT2D eigenvalue weighted by molar-refractivity contribution is 6.35. The number of nitrogens with zero attached hydrogens (tertiary/aromatic N) is 1. The Morgan fingerprint density at radius 3 is 2.30 bits per heavy atom. The summed E-state index contributed by atoms with van der Waals surface area (Å²) in [5.41, 5.74) is 0. The molecule has 3 amide bonds. The number of carbonyl (C=O) groups is 3. The molecule has 1 saturated heterocycles. The number of rotatable bonds is 4. The highest BCUT2D eigenvalue weighted by Gasteiger charge is 2.25. The standard InChI is InChI=1S/C13H24N4O3/c1-9(2)8-15-11(18)10(3)16-12(19)13(20)17-6-4-14-5-7-17/h9-10,14H,4-8H2,1-3H3,(H,15,18)(H,16,19). The zero-order valence-electron chi connectivity index (χ0n) is 12.4. The minimum atomic E-state index is -0.723. The Labute approximate surface area is 119 Å². The molecule has 0 aromatic carbocycles. The minimum Gasteiger partial charge on any atom is -0.354 e. The fraction of sp³-hybridized carbons (Fsp3) is 0.769. The maximum Gasteiger partial charge on any atom is 0.311 e. The number of carbonyl (C=O) groups excluding carboxylic acids is 3. The summed E-state index contributed by atoms with van der Waals surface area (Å²) in [7, 11) is 0. The second-order valence-corrected chi connectivity index (χ2v) is 5.38. The quantitative estimate of drug-likeness (QED) is 0.559. The Bertz CT molecular complexity index is 365. The molecule has 20 heavy (non-hydrogen) atoms. The van der Waals surface area contributed by atoms with Crippen LogP contribution in [0.25, 0.3) is 0 Å². The predicted molar refractivity (Wildman–Crippen MR) is 74.9 cm³/mol. The first kappa shape index (κ1) is 16.4. The molecular formula is C13H24N4O3. The molecule has 0 aliphatic carbocycles. The third-order valence-electron chi connectivity index (χ3n) is 3.02. The second kappa shape index (κ2) is 7.84. The van der Waals surface area contributed by atoms with Gasteiger partial charge in [0, 0.05) is 32.7 Å². The maximum atomic E-state index is 11.9. The lowest BCUT2D eigenvalue weighted by atomic mass is 10.2. The Morgan fingerprint density at radius 2 is 1.75 bits per heavy atom. The van der Waals surface area contributed by atoms with Gasteiger partial charge < -0.3 is 20.9 Å². The molecule has 0 bridgehead atoms. The topological polar surface area (TPSA) is 90.5 Å². The third-order valence-corrected chi connectivity index (χ3v) is 3.02. The largest absolute Gasteiger partial charge is 0.354 e. The molecule has 0 aromatic rings. The maximum absolute atomic E-state index is 11.9. The first-order chi connectivity index (χ1) is 9.41. The first-order valence-electron chi connectivity index (χ1n) is 7.00. The van der Waals surface area contributed by atoms with Crippen LogP contribution in [0.5, 0.6) is 0 Å². The van der Waals surface area contributed by atoms with Crippen molar-refractivity contribution in [1.82, 2.24) is 20.9 Å². The number of amides is 3. The van der Waals surface area contributed by atoms with Crippen molar-refractivity contribution in [3.63, 3.8) is 0 Å². The van der Waals surface area contributed by atoms with E-state index in [1.165, 1.54) is 4.90 Å². The van der Waals surface area contributed by atoms with E-state index in [2.05, 4.69) is 16.0 Å². The van der Waals surface area contributed by atoms with Crippen molar-refractivity contribution >= 4 is 17.7 Å². The van der Waals surface area contributed by atoms with E-state index in [1.807, 2.05) is 13.8 Å². The van der Waals surface area contributed by atoms with Gasteiger partial charge in [-0.15, -0.1) is 0 Å². The molecular weight excluding hydrogens is 260 g/mol. The summed E-state index contributed by atoms with van der Waals surface area (Å²) < 4.78 is 0. The van der Waals surface area contributed by atoms with E-state index in [-0.39, 0.29) is 5.91 Å². The van der Waals surface area contributed by atoms with Gasteiger partial charge in [0.15, 0.2) is 0 Å². The Hall–Kier alpha value is -1.63. The van der Waals surface area contributed by atoms with Crippen LogP contribution in [0, 0.1) is 5.92 Å². The van der Waals surface area contributed by atoms with Gasteiger partial charge in [0.05, 0.1) is 0 Å². The van der Waals surface area contributed by atoms with E-state index in [0.717, 1.165) is 0 Å². The van der Waals surface area contributed by atoms with Crippen LogP contribution in [0.4, 0.5) is 0 Å². The van der Waals surface area contributed by atoms with Crippen LogP contribution in [0.15, 0.2) is 0 Å². The van der Waals surface area contributed by atoms with Crippen molar-refractivity contribution in [2.75, 3.05) is 32.7 Å². The predicted octanol–water partition coefficient (Wildman–Crippen LogP) is -1.30. The fourth-order valence-electron chi connectivity index (χ4n) is 1.79. The van der Waals surface area contributed by atoms with Crippen LogP contribution in [-0.4, -0.2) is 61.4 Å². The van der Waals surface area contributed by atoms with E-state index in [1.54, 1.807) is 6.92 Å². The lowest BCUT2D eigenvalue weighted by Crippen LogP contribution is -2.54. The number of hydrogen-bond donors (Lipinski definition) is 3.